The number of nitrogens with one attached hydrogen (secondary N) is 1. The smallest absolute Gasteiger partial charge is 0.122 e. The van der Waals surface area contributed by atoms with Crippen LogP contribution in [0.2, 0.25) is 0 Å². The molecular formula is C15H18N4. The summed E-state index contributed by atoms with van der Waals surface area (Å²) in [6.07, 6.45) is 5.14. The number of hydrogen-bond acceptors (Lipinski definition) is 3. The highest BCUT2D eigenvalue weighted by Gasteiger charge is 2.19. The molecule has 19 heavy (non-hydrogen) atoms. The zero-order valence-electron chi connectivity index (χ0n) is 11.0. The second-order valence-corrected chi connectivity index (χ2v) is 5.38. The molecule has 2 aliphatic heterocycles. The monoisotopic (exact) mass is 254 g/mol. The van der Waals surface area contributed by atoms with Gasteiger partial charge in [-0.05, 0) is 17.5 Å². The Labute approximate surface area is 113 Å². The van der Waals surface area contributed by atoms with E-state index in [1.807, 2.05) is 6.20 Å². The number of imidazole rings is 1. The summed E-state index contributed by atoms with van der Waals surface area (Å²) in [5.41, 5.74) is 4.27. The third-order valence-electron chi connectivity index (χ3n) is 4.15. The Kier molecular flexibility index (Phi) is 2.55. The maximum Gasteiger partial charge on any atom is 0.122 e. The summed E-state index contributed by atoms with van der Waals surface area (Å²) in [5, 5.41) is 3.52. The number of para-hydroxylation sites is 1. The van der Waals surface area contributed by atoms with Crippen LogP contribution in [0.5, 0.6) is 0 Å². The quantitative estimate of drug-likeness (QED) is 0.888. The van der Waals surface area contributed by atoms with Gasteiger partial charge < -0.3 is 9.88 Å². The van der Waals surface area contributed by atoms with Gasteiger partial charge in [-0.3, -0.25) is 4.90 Å². The van der Waals surface area contributed by atoms with Gasteiger partial charge in [0.15, 0.2) is 0 Å². The fourth-order valence-corrected chi connectivity index (χ4v) is 3.14. The maximum absolute atomic E-state index is 4.43. The fraction of sp³-hybridized carbons (Fsp3) is 0.400. The number of aromatic nitrogens is 2. The van der Waals surface area contributed by atoms with E-state index in [0.717, 1.165) is 39.1 Å². The van der Waals surface area contributed by atoms with E-state index < -0.39 is 0 Å². The molecule has 0 atom stereocenters. The summed E-state index contributed by atoms with van der Waals surface area (Å²) in [6, 6.07) is 6.67. The standard InChI is InChI=1S/C15H18N4/c1-2-12-4-5-17-15(12)13(3-1)10-18-8-9-19-7-6-16-14(19)11-18/h1-3,6-7,17H,4-5,8-11H2. The third kappa shape index (κ3) is 1.92. The minimum absolute atomic E-state index is 0.955. The third-order valence-corrected chi connectivity index (χ3v) is 4.15. The predicted molar refractivity (Wildman–Crippen MR) is 75.0 cm³/mol. The summed E-state index contributed by atoms with van der Waals surface area (Å²) in [5.74, 6) is 1.19. The van der Waals surface area contributed by atoms with E-state index in [1.165, 1.54) is 22.6 Å². The Morgan fingerprint density at radius 2 is 2.26 bits per heavy atom. The summed E-state index contributed by atoms with van der Waals surface area (Å²) in [6.45, 7) is 5.21. The lowest BCUT2D eigenvalue weighted by Crippen LogP contribution is -2.33. The normalized spacial score (nSPS) is 17.9. The number of benzene rings is 1. The summed E-state index contributed by atoms with van der Waals surface area (Å²) in [4.78, 5) is 6.91. The highest BCUT2D eigenvalue weighted by Crippen LogP contribution is 2.28. The Morgan fingerprint density at radius 1 is 1.26 bits per heavy atom. The second kappa shape index (κ2) is 4.38. The zero-order valence-corrected chi connectivity index (χ0v) is 11.0. The van der Waals surface area contributed by atoms with Crippen molar-refractivity contribution in [1.82, 2.24) is 14.5 Å². The van der Waals surface area contributed by atoms with Crippen molar-refractivity contribution in [1.29, 1.82) is 0 Å². The first-order chi connectivity index (χ1) is 9.40. The van der Waals surface area contributed by atoms with Gasteiger partial charge in [-0.15, -0.1) is 0 Å². The lowest BCUT2D eigenvalue weighted by molar-refractivity contribution is 0.209. The molecule has 0 spiro atoms. The molecule has 3 heterocycles. The molecule has 2 aromatic rings. The van der Waals surface area contributed by atoms with Crippen molar-refractivity contribution < 1.29 is 0 Å². The van der Waals surface area contributed by atoms with E-state index in [0.29, 0.717) is 0 Å². The fourth-order valence-electron chi connectivity index (χ4n) is 3.14. The molecule has 0 unspecified atom stereocenters. The van der Waals surface area contributed by atoms with Crippen LogP contribution in [0.1, 0.15) is 17.0 Å². The average molecular weight is 254 g/mol. The first-order valence-corrected chi connectivity index (χ1v) is 6.97. The van der Waals surface area contributed by atoms with E-state index >= 15 is 0 Å². The van der Waals surface area contributed by atoms with Gasteiger partial charge in [0.1, 0.15) is 5.82 Å². The summed E-state index contributed by atoms with van der Waals surface area (Å²) < 4.78 is 2.25. The van der Waals surface area contributed by atoms with Gasteiger partial charge in [-0.25, -0.2) is 4.98 Å². The van der Waals surface area contributed by atoms with Crippen LogP contribution in [-0.4, -0.2) is 27.5 Å². The van der Waals surface area contributed by atoms with E-state index in [2.05, 4.69) is 44.2 Å². The molecule has 4 heteroatoms. The molecule has 1 aromatic heterocycles. The minimum atomic E-state index is 0.955. The highest BCUT2D eigenvalue weighted by atomic mass is 15.2. The second-order valence-electron chi connectivity index (χ2n) is 5.38. The number of fused-ring (bicyclic) bond motifs is 2. The van der Waals surface area contributed by atoms with E-state index in [1.54, 1.807) is 0 Å². The maximum atomic E-state index is 4.43. The SMILES string of the molecule is c1cc2c(c(CN3CCn4ccnc4C3)c1)NCC2. The van der Waals surface area contributed by atoms with Crippen LogP contribution in [-0.2, 0) is 26.1 Å². The highest BCUT2D eigenvalue weighted by molar-refractivity contribution is 5.61. The molecule has 4 nitrogen and oxygen atoms in total. The zero-order chi connectivity index (χ0) is 12.7. The molecule has 0 aliphatic carbocycles. The Balaban J connectivity index is 1.55. The van der Waals surface area contributed by atoms with Gasteiger partial charge in [0.2, 0.25) is 0 Å². The molecule has 4 rings (SSSR count). The lowest BCUT2D eigenvalue weighted by Gasteiger charge is -2.28. The topological polar surface area (TPSA) is 33.1 Å². The van der Waals surface area contributed by atoms with Gasteiger partial charge in [-0.2, -0.15) is 0 Å². The molecule has 0 bridgehead atoms. The summed E-state index contributed by atoms with van der Waals surface area (Å²) in [7, 11) is 0. The van der Waals surface area contributed by atoms with Gasteiger partial charge in [0.25, 0.3) is 0 Å². The number of hydrogen-bond donors (Lipinski definition) is 1. The van der Waals surface area contributed by atoms with Gasteiger partial charge in [0, 0.05) is 44.3 Å². The van der Waals surface area contributed by atoms with Crippen LogP contribution in [0.15, 0.2) is 30.6 Å². The van der Waals surface area contributed by atoms with Crippen LogP contribution in [0.4, 0.5) is 5.69 Å². The first kappa shape index (κ1) is 11.1. The Hall–Kier alpha value is -1.81. The lowest BCUT2D eigenvalue weighted by atomic mass is 10.1. The predicted octanol–water partition coefficient (Wildman–Crippen LogP) is 1.87. The number of anilines is 1. The Bertz CT molecular complexity index is 602. The molecule has 98 valence electrons. The van der Waals surface area contributed by atoms with Gasteiger partial charge in [0.05, 0.1) is 6.54 Å². The van der Waals surface area contributed by atoms with Crippen molar-refractivity contribution in [3.8, 4) is 0 Å². The molecule has 1 aromatic carbocycles. The van der Waals surface area contributed by atoms with Crippen molar-refractivity contribution in [2.75, 3.05) is 18.4 Å². The van der Waals surface area contributed by atoms with E-state index in [9.17, 15) is 0 Å². The molecule has 0 radical (unpaired) electrons. The van der Waals surface area contributed by atoms with Crippen molar-refractivity contribution in [2.24, 2.45) is 0 Å². The largest absolute Gasteiger partial charge is 0.384 e. The average Bonchev–Trinajstić information content (AvgIpc) is 3.06. The molecule has 0 amide bonds. The number of rotatable bonds is 2. The molecule has 0 saturated carbocycles. The van der Waals surface area contributed by atoms with Crippen molar-refractivity contribution in [3.05, 3.63) is 47.5 Å². The number of nitrogens with zero attached hydrogens (tertiary/aromatic N) is 3. The van der Waals surface area contributed by atoms with Crippen molar-refractivity contribution in [3.63, 3.8) is 0 Å². The van der Waals surface area contributed by atoms with Gasteiger partial charge in [-0.1, -0.05) is 18.2 Å². The minimum Gasteiger partial charge on any atom is -0.384 e. The van der Waals surface area contributed by atoms with Crippen LogP contribution < -0.4 is 5.32 Å². The Morgan fingerprint density at radius 3 is 3.26 bits per heavy atom. The molecule has 0 saturated heterocycles. The van der Waals surface area contributed by atoms with Crippen molar-refractivity contribution >= 4 is 5.69 Å². The first-order valence-electron chi connectivity index (χ1n) is 6.97. The van der Waals surface area contributed by atoms with Crippen LogP contribution >= 0.6 is 0 Å². The van der Waals surface area contributed by atoms with Crippen LogP contribution in [0.25, 0.3) is 0 Å². The van der Waals surface area contributed by atoms with Crippen LogP contribution in [0, 0.1) is 0 Å². The van der Waals surface area contributed by atoms with Crippen LogP contribution in [0.3, 0.4) is 0 Å². The molecule has 2 aliphatic rings. The molecule has 0 fully saturated rings. The molecular weight excluding hydrogens is 236 g/mol. The van der Waals surface area contributed by atoms with Gasteiger partial charge >= 0.3 is 0 Å². The van der Waals surface area contributed by atoms with Crippen molar-refractivity contribution in [2.45, 2.75) is 26.1 Å². The summed E-state index contributed by atoms with van der Waals surface area (Å²) >= 11 is 0. The van der Waals surface area contributed by atoms with E-state index in [4.69, 9.17) is 0 Å². The molecule has 1 N–H and O–H groups in total. The van der Waals surface area contributed by atoms with E-state index in [-0.39, 0.29) is 0 Å².